The molecule has 0 heterocycles. The molecule has 120 valence electrons. The second-order valence-corrected chi connectivity index (χ2v) is 6.31. The van der Waals surface area contributed by atoms with Crippen LogP contribution in [-0.2, 0) is 20.7 Å². The number of benzene rings is 1. The van der Waals surface area contributed by atoms with E-state index in [4.69, 9.17) is 16.3 Å². The lowest BCUT2D eigenvalue weighted by atomic mass is 9.72. The highest BCUT2D eigenvalue weighted by Gasteiger charge is 2.37. The molecule has 0 fully saturated rings. The Balaban J connectivity index is 3.15. The molecule has 0 aliphatic heterocycles. The van der Waals surface area contributed by atoms with Crippen molar-refractivity contribution in [3.63, 3.8) is 0 Å². The molecular formula is C18H23ClO3. The van der Waals surface area contributed by atoms with E-state index in [9.17, 15) is 9.59 Å². The Morgan fingerprint density at radius 2 is 1.77 bits per heavy atom. The first-order chi connectivity index (χ1) is 10.3. The highest BCUT2D eigenvalue weighted by atomic mass is 35.5. The first-order valence-corrected chi connectivity index (χ1v) is 7.62. The monoisotopic (exact) mass is 322 g/mol. The third-order valence-corrected chi connectivity index (χ3v) is 4.07. The summed E-state index contributed by atoms with van der Waals surface area (Å²) in [7, 11) is 1.34. The molecule has 0 saturated carbocycles. The zero-order chi connectivity index (χ0) is 16.8. The minimum Gasteiger partial charge on any atom is -0.469 e. The van der Waals surface area contributed by atoms with Crippen LogP contribution in [-0.4, -0.2) is 18.9 Å². The van der Waals surface area contributed by atoms with Gasteiger partial charge in [0.05, 0.1) is 13.5 Å². The standard InChI is InChI=1S/C18H23ClO3/c1-13(2)9-10-18(14(3)20,12-17(21)22-4)11-15-5-7-16(19)8-6-15/h5-9H,10-12H2,1-4H3. The number of carbonyl (C=O) groups excluding carboxylic acids is 2. The van der Waals surface area contributed by atoms with Gasteiger partial charge in [0.15, 0.2) is 0 Å². The maximum absolute atomic E-state index is 12.3. The summed E-state index contributed by atoms with van der Waals surface area (Å²) in [5.41, 5.74) is 1.32. The van der Waals surface area contributed by atoms with E-state index in [2.05, 4.69) is 0 Å². The van der Waals surface area contributed by atoms with Crippen LogP contribution in [0.15, 0.2) is 35.9 Å². The molecule has 1 unspecified atom stereocenters. The second-order valence-electron chi connectivity index (χ2n) is 5.88. The second kappa shape index (κ2) is 8.14. The number of halogens is 1. The van der Waals surface area contributed by atoms with Gasteiger partial charge in [0.25, 0.3) is 0 Å². The van der Waals surface area contributed by atoms with Crippen LogP contribution in [0, 0.1) is 5.41 Å². The van der Waals surface area contributed by atoms with Gasteiger partial charge in [-0.2, -0.15) is 0 Å². The molecule has 1 atom stereocenters. The Kier molecular flexibility index (Phi) is 6.82. The lowest BCUT2D eigenvalue weighted by molar-refractivity contribution is -0.147. The molecule has 0 aromatic heterocycles. The summed E-state index contributed by atoms with van der Waals surface area (Å²) < 4.78 is 4.79. The molecule has 0 saturated heterocycles. The number of methoxy groups -OCH3 is 1. The summed E-state index contributed by atoms with van der Waals surface area (Å²) in [6, 6.07) is 7.36. The van der Waals surface area contributed by atoms with E-state index in [1.54, 1.807) is 12.1 Å². The van der Waals surface area contributed by atoms with Gasteiger partial charge in [0.2, 0.25) is 0 Å². The summed E-state index contributed by atoms with van der Waals surface area (Å²) >= 11 is 5.90. The van der Waals surface area contributed by atoms with E-state index in [0.717, 1.165) is 11.1 Å². The van der Waals surface area contributed by atoms with Crippen molar-refractivity contribution in [1.29, 1.82) is 0 Å². The Morgan fingerprint density at radius 3 is 2.23 bits per heavy atom. The molecule has 0 aliphatic carbocycles. The van der Waals surface area contributed by atoms with Gasteiger partial charge in [-0.25, -0.2) is 0 Å². The summed E-state index contributed by atoms with van der Waals surface area (Å²) in [4.78, 5) is 24.1. The molecular weight excluding hydrogens is 300 g/mol. The van der Waals surface area contributed by atoms with E-state index in [1.165, 1.54) is 14.0 Å². The molecule has 1 aromatic rings. The van der Waals surface area contributed by atoms with E-state index in [1.807, 2.05) is 32.1 Å². The fraction of sp³-hybridized carbons (Fsp3) is 0.444. The summed E-state index contributed by atoms with van der Waals surface area (Å²) in [6.45, 7) is 5.49. The van der Waals surface area contributed by atoms with Gasteiger partial charge >= 0.3 is 5.97 Å². The van der Waals surface area contributed by atoms with Crippen molar-refractivity contribution in [2.24, 2.45) is 5.41 Å². The van der Waals surface area contributed by atoms with Crippen LogP contribution in [0.1, 0.15) is 39.2 Å². The van der Waals surface area contributed by atoms with Crippen LogP contribution >= 0.6 is 11.6 Å². The van der Waals surface area contributed by atoms with Gasteiger partial charge in [-0.1, -0.05) is 35.4 Å². The predicted molar refractivity (Wildman–Crippen MR) is 89.0 cm³/mol. The van der Waals surface area contributed by atoms with Crippen molar-refractivity contribution in [3.8, 4) is 0 Å². The predicted octanol–water partition coefficient (Wildman–Crippen LogP) is 4.38. The molecule has 3 nitrogen and oxygen atoms in total. The van der Waals surface area contributed by atoms with Crippen LogP contribution in [0.3, 0.4) is 0 Å². The summed E-state index contributed by atoms with van der Waals surface area (Å²) in [5.74, 6) is -0.378. The SMILES string of the molecule is COC(=O)CC(CC=C(C)C)(Cc1ccc(Cl)cc1)C(C)=O. The third-order valence-electron chi connectivity index (χ3n) is 3.81. The van der Waals surface area contributed by atoms with Crippen molar-refractivity contribution >= 4 is 23.4 Å². The zero-order valence-electron chi connectivity index (χ0n) is 13.6. The lowest BCUT2D eigenvalue weighted by Gasteiger charge is -2.29. The van der Waals surface area contributed by atoms with Gasteiger partial charge in [-0.3, -0.25) is 9.59 Å². The van der Waals surface area contributed by atoms with Crippen molar-refractivity contribution < 1.29 is 14.3 Å². The minimum absolute atomic E-state index is 0.00894. The average molecular weight is 323 g/mol. The van der Waals surface area contributed by atoms with Gasteiger partial charge < -0.3 is 4.74 Å². The lowest BCUT2D eigenvalue weighted by Crippen LogP contribution is -2.34. The molecule has 1 rings (SSSR count). The zero-order valence-corrected chi connectivity index (χ0v) is 14.4. The smallest absolute Gasteiger partial charge is 0.306 e. The number of hydrogen-bond donors (Lipinski definition) is 0. The normalized spacial score (nSPS) is 13.1. The van der Waals surface area contributed by atoms with Gasteiger partial charge in [-0.05, 0) is 51.3 Å². The van der Waals surface area contributed by atoms with Crippen LogP contribution in [0.2, 0.25) is 5.02 Å². The van der Waals surface area contributed by atoms with E-state index in [-0.39, 0.29) is 18.2 Å². The fourth-order valence-corrected chi connectivity index (χ4v) is 2.47. The number of ketones is 1. The molecule has 4 heteroatoms. The van der Waals surface area contributed by atoms with E-state index in [0.29, 0.717) is 17.9 Å². The van der Waals surface area contributed by atoms with Crippen LogP contribution in [0.4, 0.5) is 0 Å². The quantitative estimate of drug-likeness (QED) is 0.553. The summed E-state index contributed by atoms with van der Waals surface area (Å²) in [6.07, 6.45) is 3.08. The van der Waals surface area contributed by atoms with E-state index >= 15 is 0 Å². The average Bonchev–Trinajstić information content (AvgIpc) is 2.46. The van der Waals surface area contributed by atoms with Gasteiger partial charge in [-0.15, -0.1) is 0 Å². The van der Waals surface area contributed by atoms with Crippen LogP contribution in [0.25, 0.3) is 0 Å². The van der Waals surface area contributed by atoms with Crippen molar-refractivity contribution in [2.75, 3.05) is 7.11 Å². The fourth-order valence-electron chi connectivity index (χ4n) is 2.34. The summed E-state index contributed by atoms with van der Waals surface area (Å²) in [5, 5.41) is 0.648. The van der Waals surface area contributed by atoms with Crippen molar-refractivity contribution in [2.45, 2.75) is 40.0 Å². The molecule has 1 aromatic carbocycles. The largest absolute Gasteiger partial charge is 0.469 e. The number of rotatable bonds is 7. The van der Waals surface area contributed by atoms with Gasteiger partial charge in [0.1, 0.15) is 5.78 Å². The first kappa shape index (κ1) is 18.4. The van der Waals surface area contributed by atoms with Crippen molar-refractivity contribution in [3.05, 3.63) is 46.5 Å². The molecule has 0 spiro atoms. The molecule has 0 aliphatic rings. The highest BCUT2D eigenvalue weighted by molar-refractivity contribution is 6.30. The Morgan fingerprint density at radius 1 is 1.18 bits per heavy atom. The van der Waals surface area contributed by atoms with E-state index < -0.39 is 5.41 Å². The number of carbonyl (C=O) groups is 2. The number of Topliss-reactive ketones (excluding diaryl/α,β-unsaturated/α-hetero) is 1. The molecule has 0 bridgehead atoms. The van der Waals surface area contributed by atoms with Crippen molar-refractivity contribution in [1.82, 2.24) is 0 Å². The Labute approximate surface area is 137 Å². The third kappa shape index (κ3) is 5.30. The Bertz CT molecular complexity index is 556. The highest BCUT2D eigenvalue weighted by Crippen LogP contribution is 2.34. The number of esters is 1. The molecule has 22 heavy (non-hydrogen) atoms. The minimum atomic E-state index is -0.780. The first-order valence-electron chi connectivity index (χ1n) is 7.25. The topological polar surface area (TPSA) is 43.4 Å². The number of hydrogen-bond acceptors (Lipinski definition) is 3. The maximum atomic E-state index is 12.3. The van der Waals surface area contributed by atoms with Crippen LogP contribution < -0.4 is 0 Å². The molecule has 0 radical (unpaired) electrons. The Hall–Kier alpha value is -1.61. The van der Waals surface area contributed by atoms with Crippen LogP contribution in [0.5, 0.6) is 0 Å². The number of ether oxygens (including phenoxy) is 1. The maximum Gasteiger partial charge on any atom is 0.306 e. The van der Waals surface area contributed by atoms with Gasteiger partial charge in [0, 0.05) is 10.4 Å². The molecule has 0 N–H and O–H groups in total. The molecule has 0 amide bonds. The number of allylic oxidation sites excluding steroid dienone is 2.